The van der Waals surface area contributed by atoms with Crippen LogP contribution in [0, 0.1) is 11.8 Å². The summed E-state index contributed by atoms with van der Waals surface area (Å²) in [5, 5.41) is 0. The highest BCUT2D eigenvalue weighted by molar-refractivity contribution is 5.45. The first-order chi connectivity index (χ1) is 8.38. The number of para-hydroxylation sites is 1. The average molecular weight is 230 g/mol. The summed E-state index contributed by atoms with van der Waals surface area (Å²) in [6.07, 6.45) is 7.48. The molecule has 0 aromatic heterocycles. The van der Waals surface area contributed by atoms with Gasteiger partial charge < -0.3 is 4.74 Å². The zero-order valence-electron chi connectivity index (χ0n) is 11.0. The van der Waals surface area contributed by atoms with Gasteiger partial charge in [0.25, 0.3) is 0 Å². The number of unbranched alkanes of at least 4 members (excludes halogenated alkanes) is 5. The smallest absolute Gasteiger partial charge is 0.134 e. The molecule has 0 heterocycles. The topological polar surface area (TPSA) is 9.23 Å². The summed E-state index contributed by atoms with van der Waals surface area (Å²) in [5.41, 5.74) is 0.989. The molecular weight excluding hydrogens is 208 g/mol. The number of rotatable bonds is 6. The minimum Gasteiger partial charge on any atom is -0.495 e. The van der Waals surface area contributed by atoms with Gasteiger partial charge in [0, 0.05) is 6.42 Å². The second-order valence-electron chi connectivity index (χ2n) is 4.17. The Morgan fingerprint density at radius 2 is 1.82 bits per heavy atom. The molecule has 0 aliphatic carbocycles. The van der Waals surface area contributed by atoms with E-state index in [0.29, 0.717) is 0 Å². The molecule has 0 amide bonds. The molecule has 0 radical (unpaired) electrons. The Bertz CT molecular complexity index is 371. The van der Waals surface area contributed by atoms with Gasteiger partial charge in [-0.25, -0.2) is 0 Å². The van der Waals surface area contributed by atoms with E-state index in [1.807, 2.05) is 24.3 Å². The Morgan fingerprint density at radius 3 is 2.59 bits per heavy atom. The van der Waals surface area contributed by atoms with Crippen molar-refractivity contribution in [2.75, 3.05) is 7.11 Å². The summed E-state index contributed by atoms with van der Waals surface area (Å²) >= 11 is 0. The standard InChI is InChI=1S/C16H22O/c1-3-4-5-6-7-8-9-12-15-13-10-11-14-16(15)17-2/h10-11,13-14H,3-8H2,1-2H3. The number of hydrogen-bond acceptors (Lipinski definition) is 1. The van der Waals surface area contributed by atoms with E-state index in [9.17, 15) is 0 Å². The van der Waals surface area contributed by atoms with Gasteiger partial charge in [-0.1, -0.05) is 56.6 Å². The SMILES string of the molecule is CCCCCCCC#Cc1ccccc1OC. The van der Waals surface area contributed by atoms with E-state index < -0.39 is 0 Å². The van der Waals surface area contributed by atoms with Crippen LogP contribution < -0.4 is 4.74 Å². The summed E-state index contributed by atoms with van der Waals surface area (Å²) in [7, 11) is 1.69. The molecule has 0 saturated carbocycles. The Morgan fingerprint density at radius 1 is 1.06 bits per heavy atom. The minimum atomic E-state index is 0.867. The molecule has 0 bridgehead atoms. The predicted molar refractivity (Wildman–Crippen MR) is 73.2 cm³/mol. The number of hydrogen-bond donors (Lipinski definition) is 0. The lowest BCUT2D eigenvalue weighted by Crippen LogP contribution is -1.86. The van der Waals surface area contributed by atoms with Crippen molar-refractivity contribution in [1.29, 1.82) is 0 Å². The lowest BCUT2D eigenvalue weighted by Gasteiger charge is -2.00. The quantitative estimate of drug-likeness (QED) is 0.519. The molecule has 1 heteroatoms. The highest BCUT2D eigenvalue weighted by Crippen LogP contribution is 2.15. The normalized spacial score (nSPS) is 9.53. The first-order valence-corrected chi connectivity index (χ1v) is 6.50. The second-order valence-corrected chi connectivity index (χ2v) is 4.17. The molecule has 1 rings (SSSR count). The minimum absolute atomic E-state index is 0.867. The van der Waals surface area contributed by atoms with Gasteiger partial charge in [-0.15, -0.1) is 0 Å². The second kappa shape index (κ2) is 8.70. The molecule has 0 N–H and O–H groups in total. The van der Waals surface area contributed by atoms with Gasteiger partial charge in [0.15, 0.2) is 0 Å². The van der Waals surface area contributed by atoms with Crippen LogP contribution in [0.3, 0.4) is 0 Å². The molecule has 92 valence electrons. The third-order valence-corrected chi connectivity index (χ3v) is 2.74. The fourth-order valence-corrected chi connectivity index (χ4v) is 1.72. The molecule has 0 atom stereocenters. The van der Waals surface area contributed by atoms with Crippen molar-refractivity contribution in [3.8, 4) is 17.6 Å². The van der Waals surface area contributed by atoms with Gasteiger partial charge >= 0.3 is 0 Å². The molecule has 0 aliphatic rings. The molecule has 0 aliphatic heterocycles. The monoisotopic (exact) mass is 230 g/mol. The molecule has 0 fully saturated rings. The number of ether oxygens (including phenoxy) is 1. The lowest BCUT2D eigenvalue weighted by molar-refractivity contribution is 0.413. The maximum Gasteiger partial charge on any atom is 0.134 e. The fourth-order valence-electron chi connectivity index (χ4n) is 1.72. The zero-order chi connectivity index (χ0) is 12.3. The van der Waals surface area contributed by atoms with Crippen LogP contribution in [-0.2, 0) is 0 Å². The van der Waals surface area contributed by atoms with Crippen molar-refractivity contribution >= 4 is 0 Å². The Balaban J connectivity index is 2.33. The molecule has 0 saturated heterocycles. The average Bonchev–Trinajstić information content (AvgIpc) is 2.38. The Labute approximate surface area is 105 Å². The molecule has 0 spiro atoms. The van der Waals surface area contributed by atoms with Gasteiger partial charge in [-0.05, 0) is 18.6 Å². The van der Waals surface area contributed by atoms with E-state index in [2.05, 4.69) is 18.8 Å². The Hall–Kier alpha value is -1.42. The third kappa shape index (κ3) is 5.45. The molecule has 1 aromatic rings. The van der Waals surface area contributed by atoms with Crippen molar-refractivity contribution < 1.29 is 4.74 Å². The van der Waals surface area contributed by atoms with Crippen molar-refractivity contribution in [1.82, 2.24) is 0 Å². The lowest BCUT2D eigenvalue weighted by atomic mass is 10.1. The van der Waals surface area contributed by atoms with Crippen LogP contribution in [0.15, 0.2) is 24.3 Å². The van der Waals surface area contributed by atoms with E-state index in [4.69, 9.17) is 4.74 Å². The van der Waals surface area contributed by atoms with Crippen molar-refractivity contribution in [3.05, 3.63) is 29.8 Å². The van der Waals surface area contributed by atoms with E-state index in [1.54, 1.807) is 7.11 Å². The molecule has 1 nitrogen and oxygen atoms in total. The summed E-state index contributed by atoms with van der Waals surface area (Å²) in [6.45, 7) is 2.24. The van der Waals surface area contributed by atoms with Gasteiger partial charge in [0.1, 0.15) is 5.75 Å². The first-order valence-electron chi connectivity index (χ1n) is 6.50. The maximum absolute atomic E-state index is 5.25. The van der Waals surface area contributed by atoms with Gasteiger partial charge in [-0.3, -0.25) is 0 Å². The molecule has 17 heavy (non-hydrogen) atoms. The highest BCUT2D eigenvalue weighted by atomic mass is 16.5. The summed E-state index contributed by atoms with van der Waals surface area (Å²) < 4.78 is 5.25. The van der Waals surface area contributed by atoms with Gasteiger partial charge in [0.05, 0.1) is 12.7 Å². The fraction of sp³-hybridized carbons (Fsp3) is 0.500. The first kappa shape index (κ1) is 13.6. The molecule has 1 aromatic carbocycles. The van der Waals surface area contributed by atoms with Crippen LogP contribution in [0.1, 0.15) is 51.0 Å². The van der Waals surface area contributed by atoms with Crippen LogP contribution in [0.4, 0.5) is 0 Å². The van der Waals surface area contributed by atoms with Crippen LogP contribution in [0.25, 0.3) is 0 Å². The highest BCUT2D eigenvalue weighted by Gasteiger charge is 1.95. The van der Waals surface area contributed by atoms with Crippen molar-refractivity contribution in [3.63, 3.8) is 0 Å². The van der Waals surface area contributed by atoms with E-state index in [1.165, 1.54) is 32.1 Å². The molecule has 0 unspecified atom stereocenters. The summed E-state index contributed by atoms with van der Waals surface area (Å²) in [4.78, 5) is 0. The number of methoxy groups -OCH3 is 1. The van der Waals surface area contributed by atoms with Crippen LogP contribution in [0.2, 0.25) is 0 Å². The van der Waals surface area contributed by atoms with Crippen molar-refractivity contribution in [2.45, 2.75) is 45.4 Å². The van der Waals surface area contributed by atoms with E-state index in [0.717, 1.165) is 17.7 Å². The summed E-state index contributed by atoms with van der Waals surface area (Å²) in [5.74, 6) is 7.27. The van der Waals surface area contributed by atoms with Crippen LogP contribution >= 0.6 is 0 Å². The largest absolute Gasteiger partial charge is 0.495 e. The molecular formula is C16H22O. The number of benzene rings is 1. The Kier molecular flexibility index (Phi) is 6.98. The summed E-state index contributed by atoms with van der Waals surface area (Å²) in [6, 6.07) is 7.91. The predicted octanol–water partition coefficient (Wildman–Crippen LogP) is 4.41. The van der Waals surface area contributed by atoms with Crippen molar-refractivity contribution in [2.24, 2.45) is 0 Å². The zero-order valence-corrected chi connectivity index (χ0v) is 11.0. The van der Waals surface area contributed by atoms with Gasteiger partial charge in [-0.2, -0.15) is 0 Å². The van der Waals surface area contributed by atoms with Crippen LogP contribution in [0.5, 0.6) is 5.75 Å². The maximum atomic E-state index is 5.25. The van der Waals surface area contributed by atoms with E-state index in [-0.39, 0.29) is 0 Å². The van der Waals surface area contributed by atoms with Crippen LogP contribution in [-0.4, -0.2) is 7.11 Å². The third-order valence-electron chi connectivity index (χ3n) is 2.74. The van der Waals surface area contributed by atoms with Gasteiger partial charge in [0.2, 0.25) is 0 Å². The van der Waals surface area contributed by atoms with E-state index >= 15 is 0 Å².